The lowest BCUT2D eigenvalue weighted by Gasteiger charge is -2.19. The van der Waals surface area contributed by atoms with Crippen molar-refractivity contribution in [2.45, 2.75) is 32.9 Å². The van der Waals surface area contributed by atoms with Crippen LogP contribution in [0.3, 0.4) is 0 Å². The largest absolute Gasteiger partial charge is 0.489 e. The minimum atomic E-state index is -0.289. The Labute approximate surface area is 83.9 Å². The van der Waals surface area contributed by atoms with E-state index < -0.39 is 0 Å². The standard InChI is InChI=1S/C11H16FNO/c1-7-4-5-10(12)6-11(7)14-9(3)8(2)13/h4-6,8-9H,13H2,1-3H3/t8-,9?/m0/s1. The summed E-state index contributed by atoms with van der Waals surface area (Å²) in [6.45, 7) is 5.61. The highest BCUT2D eigenvalue weighted by Crippen LogP contribution is 2.20. The number of aryl methyl sites for hydroxylation is 1. The maximum atomic E-state index is 12.9. The minimum absolute atomic E-state index is 0.0716. The van der Waals surface area contributed by atoms with Gasteiger partial charge in [0.2, 0.25) is 0 Å². The zero-order valence-corrected chi connectivity index (χ0v) is 8.75. The molecule has 1 unspecified atom stereocenters. The molecule has 0 aliphatic carbocycles. The van der Waals surface area contributed by atoms with Crippen molar-refractivity contribution in [1.82, 2.24) is 0 Å². The molecule has 0 fully saturated rings. The van der Waals surface area contributed by atoms with Gasteiger partial charge in [-0.15, -0.1) is 0 Å². The van der Waals surface area contributed by atoms with Gasteiger partial charge in [-0.3, -0.25) is 0 Å². The first-order valence-electron chi connectivity index (χ1n) is 4.69. The zero-order valence-electron chi connectivity index (χ0n) is 8.75. The molecule has 0 bridgehead atoms. The molecule has 0 aliphatic heterocycles. The van der Waals surface area contributed by atoms with Crippen LogP contribution in [0, 0.1) is 12.7 Å². The maximum Gasteiger partial charge on any atom is 0.126 e. The fraction of sp³-hybridized carbons (Fsp3) is 0.455. The van der Waals surface area contributed by atoms with Crippen LogP contribution in [-0.2, 0) is 0 Å². The Morgan fingerprint density at radius 1 is 1.36 bits per heavy atom. The van der Waals surface area contributed by atoms with Crippen molar-refractivity contribution < 1.29 is 9.13 Å². The van der Waals surface area contributed by atoms with Gasteiger partial charge in [0.1, 0.15) is 17.7 Å². The lowest BCUT2D eigenvalue weighted by molar-refractivity contribution is 0.194. The summed E-state index contributed by atoms with van der Waals surface area (Å²) in [7, 11) is 0. The number of benzene rings is 1. The van der Waals surface area contributed by atoms with Gasteiger partial charge < -0.3 is 10.5 Å². The summed E-state index contributed by atoms with van der Waals surface area (Å²) in [6.07, 6.45) is -0.115. The lowest BCUT2D eigenvalue weighted by atomic mass is 10.2. The summed E-state index contributed by atoms with van der Waals surface area (Å²) in [5.74, 6) is 0.275. The third kappa shape index (κ3) is 2.70. The fourth-order valence-electron chi connectivity index (χ4n) is 1.01. The van der Waals surface area contributed by atoms with E-state index in [2.05, 4.69) is 0 Å². The average Bonchev–Trinajstić information content (AvgIpc) is 2.11. The third-order valence-electron chi connectivity index (χ3n) is 2.20. The third-order valence-corrected chi connectivity index (χ3v) is 2.20. The van der Waals surface area contributed by atoms with E-state index in [0.717, 1.165) is 5.56 Å². The van der Waals surface area contributed by atoms with Crippen LogP contribution in [-0.4, -0.2) is 12.1 Å². The molecule has 0 spiro atoms. The molecule has 2 atom stereocenters. The van der Waals surface area contributed by atoms with Crippen molar-refractivity contribution in [3.05, 3.63) is 29.6 Å². The van der Waals surface area contributed by atoms with E-state index in [1.807, 2.05) is 20.8 Å². The Hall–Kier alpha value is -1.09. The molecule has 0 radical (unpaired) electrons. The van der Waals surface area contributed by atoms with Crippen LogP contribution in [0.25, 0.3) is 0 Å². The first kappa shape index (κ1) is 11.0. The molecule has 14 heavy (non-hydrogen) atoms. The predicted molar refractivity (Wildman–Crippen MR) is 54.9 cm³/mol. The summed E-state index contributed by atoms with van der Waals surface area (Å²) in [5, 5.41) is 0. The Kier molecular flexibility index (Phi) is 3.47. The molecule has 1 aromatic carbocycles. The first-order chi connectivity index (χ1) is 6.50. The van der Waals surface area contributed by atoms with Crippen LogP contribution >= 0.6 is 0 Å². The van der Waals surface area contributed by atoms with E-state index in [0.29, 0.717) is 5.75 Å². The van der Waals surface area contributed by atoms with Gasteiger partial charge in [-0.2, -0.15) is 0 Å². The van der Waals surface area contributed by atoms with E-state index >= 15 is 0 Å². The van der Waals surface area contributed by atoms with Crippen LogP contribution in [0.2, 0.25) is 0 Å². The van der Waals surface area contributed by atoms with Gasteiger partial charge in [-0.05, 0) is 32.4 Å². The topological polar surface area (TPSA) is 35.2 Å². The monoisotopic (exact) mass is 197 g/mol. The van der Waals surface area contributed by atoms with Crippen LogP contribution in [0.5, 0.6) is 5.75 Å². The Morgan fingerprint density at radius 2 is 2.00 bits per heavy atom. The van der Waals surface area contributed by atoms with Crippen molar-refractivity contribution in [2.75, 3.05) is 0 Å². The van der Waals surface area contributed by atoms with E-state index in [1.165, 1.54) is 12.1 Å². The molecule has 1 rings (SSSR count). The molecule has 0 aliphatic rings. The number of nitrogens with two attached hydrogens (primary N) is 1. The Morgan fingerprint density at radius 3 is 2.57 bits per heavy atom. The van der Waals surface area contributed by atoms with Gasteiger partial charge in [-0.1, -0.05) is 6.07 Å². The molecular weight excluding hydrogens is 181 g/mol. The summed E-state index contributed by atoms with van der Waals surface area (Å²) in [4.78, 5) is 0. The molecule has 78 valence electrons. The van der Waals surface area contributed by atoms with Crippen LogP contribution < -0.4 is 10.5 Å². The van der Waals surface area contributed by atoms with Crippen molar-refractivity contribution in [3.8, 4) is 5.75 Å². The van der Waals surface area contributed by atoms with Gasteiger partial charge in [-0.25, -0.2) is 4.39 Å². The number of hydrogen-bond acceptors (Lipinski definition) is 2. The highest BCUT2D eigenvalue weighted by Gasteiger charge is 2.10. The normalized spacial score (nSPS) is 14.9. The summed E-state index contributed by atoms with van der Waals surface area (Å²) in [6, 6.07) is 4.42. The molecule has 2 nitrogen and oxygen atoms in total. The highest BCUT2D eigenvalue weighted by molar-refractivity contribution is 5.32. The highest BCUT2D eigenvalue weighted by atomic mass is 19.1. The van der Waals surface area contributed by atoms with Crippen LogP contribution in [0.1, 0.15) is 19.4 Å². The lowest BCUT2D eigenvalue weighted by Crippen LogP contribution is -2.33. The van der Waals surface area contributed by atoms with E-state index in [-0.39, 0.29) is 18.0 Å². The summed E-state index contributed by atoms with van der Waals surface area (Å²) in [5.41, 5.74) is 6.57. The Balaban J connectivity index is 2.80. The first-order valence-corrected chi connectivity index (χ1v) is 4.69. The molecule has 0 saturated carbocycles. The second kappa shape index (κ2) is 4.42. The molecule has 0 amide bonds. The van der Waals surface area contributed by atoms with Gasteiger partial charge in [0, 0.05) is 12.1 Å². The van der Waals surface area contributed by atoms with Crippen molar-refractivity contribution in [3.63, 3.8) is 0 Å². The summed E-state index contributed by atoms with van der Waals surface area (Å²) < 4.78 is 18.4. The molecule has 0 aromatic heterocycles. The van der Waals surface area contributed by atoms with Crippen molar-refractivity contribution in [2.24, 2.45) is 5.73 Å². The molecular formula is C11H16FNO. The molecule has 0 saturated heterocycles. The maximum absolute atomic E-state index is 12.9. The van der Waals surface area contributed by atoms with Crippen molar-refractivity contribution >= 4 is 0 Å². The number of hydrogen-bond donors (Lipinski definition) is 1. The van der Waals surface area contributed by atoms with Gasteiger partial charge in [0.25, 0.3) is 0 Å². The van der Waals surface area contributed by atoms with E-state index in [4.69, 9.17) is 10.5 Å². The quantitative estimate of drug-likeness (QED) is 0.806. The molecule has 1 aromatic rings. The van der Waals surface area contributed by atoms with Crippen LogP contribution in [0.15, 0.2) is 18.2 Å². The SMILES string of the molecule is Cc1ccc(F)cc1OC(C)[C@H](C)N. The van der Waals surface area contributed by atoms with E-state index in [1.54, 1.807) is 6.07 Å². The fourth-order valence-corrected chi connectivity index (χ4v) is 1.01. The van der Waals surface area contributed by atoms with E-state index in [9.17, 15) is 4.39 Å². The molecule has 2 N–H and O–H groups in total. The predicted octanol–water partition coefficient (Wildman–Crippen LogP) is 2.25. The van der Waals surface area contributed by atoms with Gasteiger partial charge >= 0.3 is 0 Å². The average molecular weight is 197 g/mol. The zero-order chi connectivity index (χ0) is 10.7. The minimum Gasteiger partial charge on any atom is -0.489 e. The Bertz CT molecular complexity index is 312. The summed E-state index contributed by atoms with van der Waals surface area (Å²) >= 11 is 0. The number of halogens is 1. The molecule has 0 heterocycles. The van der Waals surface area contributed by atoms with Gasteiger partial charge in [0.05, 0.1) is 0 Å². The van der Waals surface area contributed by atoms with Gasteiger partial charge in [0.15, 0.2) is 0 Å². The second-order valence-corrected chi connectivity index (χ2v) is 3.59. The van der Waals surface area contributed by atoms with Crippen molar-refractivity contribution in [1.29, 1.82) is 0 Å². The molecule has 3 heteroatoms. The number of rotatable bonds is 3. The van der Waals surface area contributed by atoms with Crippen LogP contribution in [0.4, 0.5) is 4.39 Å². The second-order valence-electron chi connectivity index (χ2n) is 3.59. The number of ether oxygens (including phenoxy) is 1. The smallest absolute Gasteiger partial charge is 0.126 e.